The first-order valence-electron chi connectivity index (χ1n) is 6.21. The fraction of sp³-hybridized carbons (Fsp3) is 0.0667. The van der Waals surface area contributed by atoms with E-state index in [2.05, 4.69) is 10.1 Å². The molecule has 1 aromatic heterocycles. The van der Waals surface area contributed by atoms with E-state index in [0.717, 1.165) is 11.1 Å². The maximum Gasteiger partial charge on any atom is 0.258 e. The molecule has 0 aliphatic heterocycles. The average Bonchev–Trinajstić information content (AvgIpc) is 2.98. The smallest absolute Gasteiger partial charge is 0.258 e. The molecule has 1 heterocycles. The van der Waals surface area contributed by atoms with Crippen LogP contribution in [0.25, 0.3) is 22.8 Å². The minimum Gasteiger partial charge on any atom is -0.495 e. The molecular weight excluding hydrogens is 290 g/mol. The van der Waals surface area contributed by atoms with E-state index in [1.165, 1.54) is 0 Å². The number of nitrogens with zero attached hydrogens (tertiary/aromatic N) is 2. The molecule has 6 heteroatoms. The second-order valence-corrected chi connectivity index (χ2v) is 4.82. The van der Waals surface area contributed by atoms with Gasteiger partial charge < -0.3 is 15.0 Å². The predicted octanol–water partition coefficient (Wildman–Crippen LogP) is 3.65. The summed E-state index contributed by atoms with van der Waals surface area (Å²) in [5, 5.41) is 4.62. The molecule has 5 nitrogen and oxygen atoms in total. The van der Waals surface area contributed by atoms with Crippen molar-refractivity contribution in [2.24, 2.45) is 0 Å². The van der Waals surface area contributed by atoms with Crippen LogP contribution in [0.5, 0.6) is 5.75 Å². The van der Waals surface area contributed by atoms with Gasteiger partial charge in [0.25, 0.3) is 5.89 Å². The molecule has 0 spiro atoms. The topological polar surface area (TPSA) is 74.2 Å². The third-order valence-electron chi connectivity index (χ3n) is 3.01. The van der Waals surface area contributed by atoms with E-state index in [-0.39, 0.29) is 0 Å². The van der Waals surface area contributed by atoms with E-state index in [9.17, 15) is 0 Å². The van der Waals surface area contributed by atoms with Gasteiger partial charge in [0.15, 0.2) is 0 Å². The van der Waals surface area contributed by atoms with Crippen molar-refractivity contribution in [3.63, 3.8) is 0 Å². The van der Waals surface area contributed by atoms with Crippen molar-refractivity contribution in [1.82, 2.24) is 10.1 Å². The zero-order chi connectivity index (χ0) is 14.8. The van der Waals surface area contributed by atoms with Crippen LogP contribution in [0, 0.1) is 0 Å². The number of benzene rings is 2. The third kappa shape index (κ3) is 2.68. The molecule has 106 valence electrons. The lowest BCUT2D eigenvalue weighted by Gasteiger charge is -2.04. The van der Waals surface area contributed by atoms with Gasteiger partial charge in [-0.25, -0.2) is 0 Å². The Hall–Kier alpha value is -2.53. The van der Waals surface area contributed by atoms with Crippen LogP contribution < -0.4 is 10.5 Å². The van der Waals surface area contributed by atoms with Crippen LogP contribution in [0.3, 0.4) is 0 Å². The molecule has 2 N–H and O–H groups in total. The first-order valence-corrected chi connectivity index (χ1v) is 6.58. The molecule has 0 fully saturated rings. The number of nitrogen functional groups attached to an aromatic ring is 1. The molecule has 3 rings (SSSR count). The quantitative estimate of drug-likeness (QED) is 0.747. The van der Waals surface area contributed by atoms with Gasteiger partial charge in [-0.3, -0.25) is 0 Å². The van der Waals surface area contributed by atoms with Crippen molar-refractivity contribution >= 4 is 17.3 Å². The zero-order valence-corrected chi connectivity index (χ0v) is 12.0. The Balaban J connectivity index is 1.94. The number of rotatable bonds is 3. The SMILES string of the molecule is COc1ccc(-c2nc(-c3ccc(Cl)cc3)no2)cc1N. The van der Waals surface area contributed by atoms with Crippen molar-refractivity contribution in [1.29, 1.82) is 0 Å². The van der Waals surface area contributed by atoms with Gasteiger partial charge >= 0.3 is 0 Å². The third-order valence-corrected chi connectivity index (χ3v) is 3.26. The summed E-state index contributed by atoms with van der Waals surface area (Å²) in [4.78, 5) is 4.36. The maximum absolute atomic E-state index is 5.87. The monoisotopic (exact) mass is 301 g/mol. The summed E-state index contributed by atoms with van der Waals surface area (Å²) in [6, 6.07) is 12.5. The number of anilines is 1. The van der Waals surface area contributed by atoms with Gasteiger partial charge in [-0.2, -0.15) is 4.98 Å². The lowest BCUT2D eigenvalue weighted by atomic mass is 10.2. The molecule has 3 aromatic rings. The fourth-order valence-corrected chi connectivity index (χ4v) is 2.05. The normalized spacial score (nSPS) is 10.6. The van der Waals surface area contributed by atoms with Crippen molar-refractivity contribution in [2.45, 2.75) is 0 Å². The predicted molar refractivity (Wildman–Crippen MR) is 81.1 cm³/mol. The molecule has 21 heavy (non-hydrogen) atoms. The Morgan fingerprint density at radius 3 is 2.48 bits per heavy atom. The Morgan fingerprint density at radius 1 is 1.10 bits per heavy atom. The molecule has 0 radical (unpaired) electrons. The summed E-state index contributed by atoms with van der Waals surface area (Å²) >= 11 is 5.86. The Bertz CT molecular complexity index is 769. The largest absolute Gasteiger partial charge is 0.495 e. The summed E-state index contributed by atoms with van der Waals surface area (Å²) in [6.45, 7) is 0. The van der Waals surface area contributed by atoms with E-state index in [1.54, 1.807) is 31.4 Å². The van der Waals surface area contributed by atoms with E-state index < -0.39 is 0 Å². The lowest BCUT2D eigenvalue weighted by molar-refractivity contribution is 0.416. The Morgan fingerprint density at radius 2 is 1.81 bits per heavy atom. The number of hydrogen-bond acceptors (Lipinski definition) is 5. The van der Waals surface area contributed by atoms with E-state index in [1.807, 2.05) is 18.2 Å². The minimum absolute atomic E-state index is 0.398. The molecule has 0 unspecified atom stereocenters. The molecule has 0 aliphatic rings. The van der Waals surface area contributed by atoms with Gasteiger partial charge in [-0.05, 0) is 42.5 Å². The Kier molecular flexibility index (Phi) is 3.50. The lowest BCUT2D eigenvalue weighted by Crippen LogP contribution is -1.92. The van der Waals surface area contributed by atoms with Crippen LogP contribution in [0.15, 0.2) is 47.0 Å². The number of halogens is 1. The molecule has 0 saturated carbocycles. The number of aromatic nitrogens is 2. The number of nitrogens with two attached hydrogens (primary N) is 1. The van der Waals surface area contributed by atoms with Gasteiger partial charge in [0.2, 0.25) is 5.82 Å². The number of methoxy groups -OCH3 is 1. The maximum atomic E-state index is 5.87. The minimum atomic E-state index is 0.398. The van der Waals surface area contributed by atoms with Gasteiger partial charge in [0.1, 0.15) is 5.75 Å². The molecule has 0 saturated heterocycles. The standard InChI is InChI=1S/C15H12ClN3O2/c1-20-13-7-4-10(8-12(13)17)15-18-14(19-21-15)9-2-5-11(16)6-3-9/h2-8H,17H2,1H3. The van der Waals surface area contributed by atoms with Crippen molar-refractivity contribution in [3.05, 3.63) is 47.5 Å². The summed E-state index contributed by atoms with van der Waals surface area (Å²) < 4.78 is 10.4. The molecule has 2 aromatic carbocycles. The molecule has 0 atom stereocenters. The van der Waals surface area contributed by atoms with Crippen molar-refractivity contribution in [2.75, 3.05) is 12.8 Å². The summed E-state index contributed by atoms with van der Waals surface area (Å²) in [7, 11) is 1.57. The summed E-state index contributed by atoms with van der Waals surface area (Å²) in [5.74, 6) is 1.50. The summed E-state index contributed by atoms with van der Waals surface area (Å²) in [5.41, 5.74) is 7.96. The summed E-state index contributed by atoms with van der Waals surface area (Å²) in [6.07, 6.45) is 0. The molecular formula is C15H12ClN3O2. The highest BCUT2D eigenvalue weighted by Gasteiger charge is 2.12. The number of hydrogen-bond donors (Lipinski definition) is 1. The highest BCUT2D eigenvalue weighted by molar-refractivity contribution is 6.30. The van der Waals surface area contributed by atoms with E-state index in [4.69, 9.17) is 26.6 Å². The first-order chi connectivity index (χ1) is 10.2. The second kappa shape index (κ2) is 5.46. The number of ether oxygens (including phenoxy) is 1. The van der Waals surface area contributed by atoms with E-state index >= 15 is 0 Å². The van der Waals surface area contributed by atoms with E-state index in [0.29, 0.717) is 28.2 Å². The van der Waals surface area contributed by atoms with Crippen molar-refractivity contribution < 1.29 is 9.26 Å². The van der Waals surface area contributed by atoms with Gasteiger partial charge in [0, 0.05) is 16.1 Å². The van der Waals surface area contributed by atoms with Crippen LogP contribution in [0.4, 0.5) is 5.69 Å². The van der Waals surface area contributed by atoms with Crippen LogP contribution >= 0.6 is 11.6 Å². The molecule has 0 aliphatic carbocycles. The van der Waals surface area contributed by atoms with Gasteiger partial charge in [-0.1, -0.05) is 16.8 Å². The van der Waals surface area contributed by atoms with Crippen LogP contribution in [-0.4, -0.2) is 17.3 Å². The first kappa shape index (κ1) is 13.5. The molecule has 0 bridgehead atoms. The van der Waals surface area contributed by atoms with Crippen LogP contribution in [0.2, 0.25) is 5.02 Å². The Labute approximate surface area is 126 Å². The van der Waals surface area contributed by atoms with Crippen molar-refractivity contribution in [3.8, 4) is 28.6 Å². The zero-order valence-electron chi connectivity index (χ0n) is 11.2. The highest BCUT2D eigenvalue weighted by Crippen LogP contribution is 2.28. The van der Waals surface area contributed by atoms with Crippen LogP contribution in [-0.2, 0) is 0 Å². The fourth-order valence-electron chi connectivity index (χ4n) is 1.92. The molecule has 0 amide bonds. The van der Waals surface area contributed by atoms with Crippen LogP contribution in [0.1, 0.15) is 0 Å². The average molecular weight is 302 g/mol. The highest BCUT2D eigenvalue weighted by atomic mass is 35.5. The van der Waals surface area contributed by atoms with Gasteiger partial charge in [0.05, 0.1) is 12.8 Å². The van der Waals surface area contributed by atoms with Gasteiger partial charge in [-0.15, -0.1) is 0 Å². The second-order valence-electron chi connectivity index (χ2n) is 4.39.